The third-order valence-electron chi connectivity index (χ3n) is 2.45. The number of hydrogen-bond acceptors (Lipinski definition) is 3. The normalized spacial score (nSPS) is 10.7. The third kappa shape index (κ3) is 2.98. The van der Waals surface area contributed by atoms with Crippen LogP contribution in [-0.2, 0) is 0 Å². The molecule has 2 rings (SSSR count). The highest BCUT2D eigenvalue weighted by Gasteiger charge is 2.01. The van der Waals surface area contributed by atoms with Gasteiger partial charge in [-0.25, -0.2) is 0 Å². The van der Waals surface area contributed by atoms with Crippen LogP contribution in [0.1, 0.15) is 15.9 Å². The lowest BCUT2D eigenvalue weighted by atomic mass is 10.1. The Hall–Kier alpha value is -2.55. The Morgan fingerprint density at radius 2 is 1.67 bits per heavy atom. The molecule has 0 bridgehead atoms. The molecule has 0 amide bonds. The van der Waals surface area contributed by atoms with E-state index in [1.807, 2.05) is 0 Å². The molecule has 0 radical (unpaired) electrons. The van der Waals surface area contributed by atoms with E-state index in [0.717, 1.165) is 5.56 Å². The largest absolute Gasteiger partial charge is 0.508 e. The lowest BCUT2D eigenvalue weighted by molar-refractivity contribution is 0.104. The highest BCUT2D eigenvalue weighted by Crippen LogP contribution is 2.14. The van der Waals surface area contributed by atoms with Gasteiger partial charge in [0.15, 0.2) is 5.78 Å². The molecule has 2 aromatic rings. The molecule has 0 spiro atoms. The van der Waals surface area contributed by atoms with Gasteiger partial charge in [-0.15, -0.1) is 0 Å². The van der Waals surface area contributed by atoms with E-state index in [1.54, 1.807) is 42.5 Å². The number of hydrogen-bond donors (Lipinski definition) is 2. The molecule has 2 aromatic carbocycles. The van der Waals surface area contributed by atoms with Crippen LogP contribution >= 0.6 is 0 Å². The smallest absolute Gasteiger partial charge is 0.185 e. The topological polar surface area (TPSA) is 57.5 Å². The summed E-state index contributed by atoms with van der Waals surface area (Å²) in [6, 6.07) is 12.7. The molecule has 0 unspecified atom stereocenters. The highest BCUT2D eigenvalue weighted by atomic mass is 16.3. The summed E-state index contributed by atoms with van der Waals surface area (Å²) in [6.07, 6.45) is 3.07. The Bertz CT molecular complexity index is 583. The first-order valence-corrected chi connectivity index (χ1v) is 5.45. The second-order valence-electron chi connectivity index (χ2n) is 3.84. The Morgan fingerprint density at radius 3 is 2.33 bits per heavy atom. The molecule has 0 saturated heterocycles. The molecule has 0 aliphatic carbocycles. The molecule has 3 heteroatoms. The van der Waals surface area contributed by atoms with Crippen LogP contribution in [0.25, 0.3) is 6.08 Å². The van der Waals surface area contributed by atoms with E-state index in [9.17, 15) is 9.90 Å². The number of benzene rings is 2. The van der Waals surface area contributed by atoms with Crippen LogP contribution in [0.4, 0.5) is 0 Å². The molecule has 0 fully saturated rings. The van der Waals surface area contributed by atoms with Gasteiger partial charge in [0.1, 0.15) is 11.5 Å². The molecule has 0 aliphatic rings. The van der Waals surface area contributed by atoms with Gasteiger partial charge < -0.3 is 10.2 Å². The van der Waals surface area contributed by atoms with Gasteiger partial charge in [0.05, 0.1) is 0 Å². The van der Waals surface area contributed by atoms with Crippen molar-refractivity contribution in [2.45, 2.75) is 0 Å². The number of carbonyl (C=O) groups excluding carboxylic acids is 1. The van der Waals surface area contributed by atoms with E-state index >= 15 is 0 Å². The maximum absolute atomic E-state index is 11.8. The van der Waals surface area contributed by atoms with Crippen LogP contribution < -0.4 is 0 Å². The van der Waals surface area contributed by atoms with Gasteiger partial charge in [0.2, 0.25) is 0 Å². The minimum atomic E-state index is -0.154. The van der Waals surface area contributed by atoms with Crippen molar-refractivity contribution in [2.24, 2.45) is 0 Å². The van der Waals surface area contributed by atoms with Gasteiger partial charge >= 0.3 is 0 Å². The van der Waals surface area contributed by atoms with Crippen molar-refractivity contribution in [2.75, 3.05) is 0 Å². The molecule has 90 valence electrons. The molecule has 18 heavy (non-hydrogen) atoms. The van der Waals surface area contributed by atoms with Crippen molar-refractivity contribution in [1.29, 1.82) is 0 Å². The number of rotatable bonds is 3. The van der Waals surface area contributed by atoms with Crippen LogP contribution in [0.3, 0.4) is 0 Å². The molecule has 2 N–H and O–H groups in total. The van der Waals surface area contributed by atoms with Gasteiger partial charge in [0, 0.05) is 5.56 Å². The van der Waals surface area contributed by atoms with Crippen molar-refractivity contribution >= 4 is 11.9 Å². The molecule has 3 nitrogen and oxygen atoms in total. The lowest BCUT2D eigenvalue weighted by Gasteiger charge is -1.97. The summed E-state index contributed by atoms with van der Waals surface area (Å²) in [5.74, 6) is 0.135. The summed E-state index contributed by atoms with van der Waals surface area (Å²) in [5.41, 5.74) is 1.26. The third-order valence-corrected chi connectivity index (χ3v) is 2.45. The monoisotopic (exact) mass is 240 g/mol. The van der Waals surface area contributed by atoms with Gasteiger partial charge in [-0.05, 0) is 48.0 Å². The second-order valence-corrected chi connectivity index (χ2v) is 3.84. The fourth-order valence-corrected chi connectivity index (χ4v) is 1.52. The minimum absolute atomic E-state index is 0.128. The zero-order chi connectivity index (χ0) is 13.0. The van der Waals surface area contributed by atoms with Crippen LogP contribution in [0.15, 0.2) is 54.6 Å². The number of ketones is 1. The Kier molecular flexibility index (Phi) is 3.44. The summed E-state index contributed by atoms with van der Waals surface area (Å²) in [7, 11) is 0. The van der Waals surface area contributed by atoms with E-state index in [0.29, 0.717) is 5.56 Å². The van der Waals surface area contributed by atoms with Crippen molar-refractivity contribution in [3.8, 4) is 11.5 Å². The summed E-state index contributed by atoms with van der Waals surface area (Å²) < 4.78 is 0. The van der Waals surface area contributed by atoms with Crippen molar-refractivity contribution < 1.29 is 15.0 Å². The zero-order valence-electron chi connectivity index (χ0n) is 9.58. The SMILES string of the molecule is O=C(/C=C/c1cccc(O)c1)c1ccc(O)cc1. The fraction of sp³-hybridized carbons (Fsp3) is 0. The van der Waals surface area contributed by atoms with E-state index in [1.165, 1.54) is 18.2 Å². The average molecular weight is 240 g/mol. The van der Waals surface area contributed by atoms with Crippen LogP contribution in [0, 0.1) is 0 Å². The van der Waals surface area contributed by atoms with E-state index in [2.05, 4.69) is 0 Å². The minimum Gasteiger partial charge on any atom is -0.508 e. The van der Waals surface area contributed by atoms with Gasteiger partial charge in [0.25, 0.3) is 0 Å². The van der Waals surface area contributed by atoms with Crippen molar-refractivity contribution in [3.05, 3.63) is 65.7 Å². The molecule has 0 aromatic heterocycles. The summed E-state index contributed by atoms with van der Waals surface area (Å²) in [4.78, 5) is 11.8. The van der Waals surface area contributed by atoms with E-state index in [-0.39, 0.29) is 17.3 Å². The number of carbonyl (C=O) groups is 1. The predicted octanol–water partition coefficient (Wildman–Crippen LogP) is 2.99. The van der Waals surface area contributed by atoms with E-state index in [4.69, 9.17) is 5.11 Å². The van der Waals surface area contributed by atoms with Crippen LogP contribution in [0.5, 0.6) is 11.5 Å². The molecular formula is C15H12O3. The maximum Gasteiger partial charge on any atom is 0.185 e. The molecule has 0 heterocycles. The summed E-state index contributed by atoms with van der Waals surface area (Å²) in [5, 5.41) is 18.4. The average Bonchev–Trinajstić information content (AvgIpc) is 2.37. The van der Waals surface area contributed by atoms with Gasteiger partial charge in [-0.2, -0.15) is 0 Å². The van der Waals surface area contributed by atoms with Gasteiger partial charge in [-0.1, -0.05) is 18.2 Å². The lowest BCUT2D eigenvalue weighted by Crippen LogP contribution is -1.92. The number of phenolic OH excluding ortho intramolecular Hbond substituents is 2. The first kappa shape index (κ1) is 11.9. The van der Waals surface area contributed by atoms with Crippen molar-refractivity contribution in [3.63, 3.8) is 0 Å². The Morgan fingerprint density at radius 1 is 0.944 bits per heavy atom. The molecule has 0 saturated carbocycles. The summed E-state index contributed by atoms with van der Waals surface area (Å²) >= 11 is 0. The second kappa shape index (κ2) is 5.19. The Balaban J connectivity index is 2.14. The fourth-order valence-electron chi connectivity index (χ4n) is 1.52. The molecule has 0 aliphatic heterocycles. The zero-order valence-corrected chi connectivity index (χ0v) is 9.58. The highest BCUT2D eigenvalue weighted by molar-refractivity contribution is 6.06. The number of allylic oxidation sites excluding steroid dienone is 1. The molecule has 0 atom stereocenters. The quantitative estimate of drug-likeness (QED) is 0.640. The van der Waals surface area contributed by atoms with Crippen LogP contribution in [-0.4, -0.2) is 16.0 Å². The first-order valence-electron chi connectivity index (χ1n) is 5.45. The van der Waals surface area contributed by atoms with Crippen molar-refractivity contribution in [1.82, 2.24) is 0 Å². The number of phenols is 2. The number of aromatic hydroxyl groups is 2. The van der Waals surface area contributed by atoms with Crippen LogP contribution in [0.2, 0.25) is 0 Å². The predicted molar refractivity (Wildman–Crippen MR) is 69.6 cm³/mol. The first-order chi connectivity index (χ1) is 8.65. The van der Waals surface area contributed by atoms with E-state index < -0.39 is 0 Å². The molecular weight excluding hydrogens is 228 g/mol. The van der Waals surface area contributed by atoms with Gasteiger partial charge in [-0.3, -0.25) is 4.79 Å². The summed E-state index contributed by atoms with van der Waals surface area (Å²) in [6.45, 7) is 0. The Labute approximate surface area is 105 Å². The standard InChI is InChI=1S/C15H12O3/c16-13-7-5-12(6-8-13)15(18)9-4-11-2-1-3-14(17)10-11/h1-10,16-17H/b9-4+. The maximum atomic E-state index is 11.8.